The van der Waals surface area contributed by atoms with Crippen LogP contribution in [0.25, 0.3) is 0 Å². The monoisotopic (exact) mass is 423 g/mol. The first-order chi connectivity index (χ1) is 10.2. The van der Waals surface area contributed by atoms with E-state index in [4.69, 9.17) is 4.74 Å². The minimum absolute atomic E-state index is 0. The van der Waals surface area contributed by atoms with Crippen LogP contribution in [0.1, 0.15) is 27.2 Å². The fourth-order valence-corrected chi connectivity index (χ4v) is 1.71. The highest BCUT2D eigenvalue weighted by atomic mass is 127. The van der Waals surface area contributed by atoms with E-state index in [0.29, 0.717) is 19.1 Å². The molecule has 1 heterocycles. The molecule has 0 amide bonds. The summed E-state index contributed by atoms with van der Waals surface area (Å²) in [4.78, 5) is 4.49. The number of hydrogen-bond acceptors (Lipinski definition) is 3. The molecule has 22 heavy (non-hydrogen) atoms. The highest BCUT2D eigenvalue weighted by Crippen LogP contribution is 1.98. The molecule has 0 saturated carbocycles. The second-order valence-corrected chi connectivity index (χ2v) is 5.25. The summed E-state index contributed by atoms with van der Waals surface area (Å²) in [6.45, 7) is 11.1. The normalized spacial score (nSPS) is 11.4. The number of aromatic nitrogens is 2. The second-order valence-electron chi connectivity index (χ2n) is 5.25. The molecule has 0 aliphatic carbocycles. The van der Waals surface area contributed by atoms with Gasteiger partial charge in [0.2, 0.25) is 0 Å². The van der Waals surface area contributed by atoms with E-state index in [9.17, 15) is 0 Å². The molecule has 7 heteroatoms. The van der Waals surface area contributed by atoms with Crippen LogP contribution in [-0.4, -0.2) is 48.6 Å². The Labute approximate surface area is 151 Å². The van der Waals surface area contributed by atoms with Crippen LogP contribution in [0.3, 0.4) is 0 Å². The van der Waals surface area contributed by atoms with E-state index in [1.165, 1.54) is 0 Å². The number of hydrogen-bond donors (Lipinski definition) is 2. The topological polar surface area (TPSA) is 63.5 Å². The fraction of sp³-hybridized carbons (Fsp3) is 0.733. The van der Waals surface area contributed by atoms with Crippen molar-refractivity contribution < 1.29 is 4.74 Å². The zero-order valence-corrected chi connectivity index (χ0v) is 16.2. The predicted octanol–water partition coefficient (Wildman–Crippen LogP) is 2.12. The van der Waals surface area contributed by atoms with Gasteiger partial charge in [-0.3, -0.25) is 9.67 Å². The third-order valence-electron chi connectivity index (χ3n) is 2.88. The number of nitrogens with zero attached hydrogens (tertiary/aromatic N) is 3. The van der Waals surface area contributed by atoms with Crippen LogP contribution >= 0.6 is 24.0 Å². The van der Waals surface area contributed by atoms with Gasteiger partial charge in [0.15, 0.2) is 5.96 Å². The molecule has 0 spiro atoms. The summed E-state index contributed by atoms with van der Waals surface area (Å²) in [7, 11) is 0. The SMILES string of the molecule is CCNC(=NCCOCCC(C)C)NCCn1cccn1.I. The lowest BCUT2D eigenvalue weighted by molar-refractivity contribution is 0.130. The highest BCUT2D eigenvalue weighted by molar-refractivity contribution is 14.0. The molecule has 0 aliphatic rings. The Morgan fingerprint density at radius 3 is 2.77 bits per heavy atom. The van der Waals surface area contributed by atoms with Crippen LogP contribution in [0.4, 0.5) is 0 Å². The molecule has 1 aromatic rings. The maximum Gasteiger partial charge on any atom is 0.191 e. The van der Waals surface area contributed by atoms with Gasteiger partial charge < -0.3 is 15.4 Å². The number of rotatable bonds is 10. The van der Waals surface area contributed by atoms with Crippen molar-refractivity contribution in [3.63, 3.8) is 0 Å². The number of aliphatic imine (C=N–C) groups is 1. The predicted molar refractivity (Wildman–Crippen MR) is 102 cm³/mol. The van der Waals surface area contributed by atoms with Gasteiger partial charge in [-0.05, 0) is 25.3 Å². The van der Waals surface area contributed by atoms with Crippen LogP contribution in [0.15, 0.2) is 23.5 Å². The van der Waals surface area contributed by atoms with Crippen molar-refractivity contribution in [1.29, 1.82) is 0 Å². The number of guanidine groups is 1. The number of halogens is 1. The number of ether oxygens (including phenoxy) is 1. The van der Waals surface area contributed by atoms with Crippen LogP contribution in [0.5, 0.6) is 0 Å². The third kappa shape index (κ3) is 10.8. The molecule has 0 aliphatic heterocycles. The van der Waals surface area contributed by atoms with Crippen molar-refractivity contribution in [2.75, 3.05) is 32.8 Å². The van der Waals surface area contributed by atoms with Gasteiger partial charge >= 0.3 is 0 Å². The van der Waals surface area contributed by atoms with Crippen molar-refractivity contribution in [3.8, 4) is 0 Å². The van der Waals surface area contributed by atoms with Crippen LogP contribution < -0.4 is 10.6 Å². The van der Waals surface area contributed by atoms with Gasteiger partial charge in [0.25, 0.3) is 0 Å². The Morgan fingerprint density at radius 2 is 2.14 bits per heavy atom. The Kier molecular flexibility index (Phi) is 13.3. The van der Waals surface area contributed by atoms with Crippen molar-refractivity contribution in [3.05, 3.63) is 18.5 Å². The minimum Gasteiger partial charge on any atom is -0.380 e. The molecule has 0 atom stereocenters. The van der Waals surface area contributed by atoms with Crippen molar-refractivity contribution >= 4 is 29.9 Å². The molecule has 1 rings (SSSR count). The van der Waals surface area contributed by atoms with E-state index in [2.05, 4.69) is 41.5 Å². The summed E-state index contributed by atoms with van der Waals surface area (Å²) in [5.41, 5.74) is 0. The minimum atomic E-state index is 0. The smallest absolute Gasteiger partial charge is 0.191 e. The fourth-order valence-electron chi connectivity index (χ4n) is 1.71. The molecular weight excluding hydrogens is 393 g/mol. The Hall–Kier alpha value is -0.830. The van der Waals surface area contributed by atoms with Crippen molar-refractivity contribution in [2.45, 2.75) is 33.7 Å². The molecule has 0 unspecified atom stereocenters. The third-order valence-corrected chi connectivity index (χ3v) is 2.88. The molecular formula is C15H30IN5O. The molecule has 0 bridgehead atoms. The maximum absolute atomic E-state index is 5.56. The lowest BCUT2D eigenvalue weighted by Crippen LogP contribution is -2.39. The average Bonchev–Trinajstić information content (AvgIpc) is 2.95. The largest absolute Gasteiger partial charge is 0.380 e. The summed E-state index contributed by atoms with van der Waals surface area (Å²) in [6, 6.07) is 1.92. The number of nitrogens with one attached hydrogen (secondary N) is 2. The molecule has 0 aromatic carbocycles. The van der Waals surface area contributed by atoms with Gasteiger partial charge in [0.05, 0.1) is 19.7 Å². The Balaban J connectivity index is 0.00000441. The standard InChI is InChI=1S/C15H29N5O.HI/c1-4-16-15(17-8-11-20-10-5-7-19-20)18-9-13-21-12-6-14(2)3;/h5,7,10,14H,4,6,8-9,11-13H2,1-3H3,(H2,16,17,18);1H. The van der Waals surface area contributed by atoms with Gasteiger partial charge in [-0.1, -0.05) is 13.8 Å². The van der Waals surface area contributed by atoms with Gasteiger partial charge in [-0.15, -0.1) is 24.0 Å². The van der Waals surface area contributed by atoms with Gasteiger partial charge in [-0.25, -0.2) is 0 Å². The molecule has 1 aromatic heterocycles. The first-order valence-corrected chi connectivity index (χ1v) is 7.79. The summed E-state index contributed by atoms with van der Waals surface area (Å²) in [6.07, 6.45) is 4.84. The second kappa shape index (κ2) is 13.8. The molecule has 0 saturated heterocycles. The molecule has 2 N–H and O–H groups in total. The summed E-state index contributed by atoms with van der Waals surface area (Å²) < 4.78 is 7.45. The lowest BCUT2D eigenvalue weighted by Gasteiger charge is -2.11. The quantitative estimate of drug-likeness (QED) is 0.262. The van der Waals surface area contributed by atoms with E-state index in [1.54, 1.807) is 6.20 Å². The first-order valence-electron chi connectivity index (χ1n) is 7.79. The van der Waals surface area contributed by atoms with E-state index < -0.39 is 0 Å². The maximum atomic E-state index is 5.56. The Bertz CT molecular complexity index is 381. The zero-order chi connectivity index (χ0) is 15.3. The summed E-state index contributed by atoms with van der Waals surface area (Å²) in [5.74, 6) is 1.52. The Morgan fingerprint density at radius 1 is 1.32 bits per heavy atom. The zero-order valence-electron chi connectivity index (χ0n) is 13.9. The van der Waals surface area contributed by atoms with E-state index >= 15 is 0 Å². The molecule has 0 fully saturated rings. The highest BCUT2D eigenvalue weighted by Gasteiger charge is 1.98. The van der Waals surface area contributed by atoms with E-state index in [1.807, 2.05) is 16.9 Å². The van der Waals surface area contributed by atoms with Crippen molar-refractivity contribution in [2.24, 2.45) is 10.9 Å². The average molecular weight is 423 g/mol. The van der Waals surface area contributed by atoms with E-state index in [0.717, 1.165) is 38.6 Å². The molecule has 6 nitrogen and oxygen atoms in total. The van der Waals surface area contributed by atoms with Crippen LogP contribution in [-0.2, 0) is 11.3 Å². The van der Waals surface area contributed by atoms with E-state index in [-0.39, 0.29) is 24.0 Å². The molecule has 0 radical (unpaired) electrons. The van der Waals surface area contributed by atoms with Crippen molar-refractivity contribution in [1.82, 2.24) is 20.4 Å². The summed E-state index contributed by atoms with van der Waals surface area (Å²) in [5, 5.41) is 10.7. The van der Waals surface area contributed by atoms with Crippen LogP contribution in [0.2, 0.25) is 0 Å². The molecule has 128 valence electrons. The lowest BCUT2D eigenvalue weighted by atomic mass is 10.1. The van der Waals surface area contributed by atoms with Gasteiger partial charge in [0.1, 0.15) is 0 Å². The van der Waals surface area contributed by atoms with Gasteiger partial charge in [0, 0.05) is 32.1 Å². The summed E-state index contributed by atoms with van der Waals surface area (Å²) >= 11 is 0. The first kappa shape index (κ1) is 21.2. The van der Waals surface area contributed by atoms with Crippen LogP contribution in [0, 0.1) is 5.92 Å². The van der Waals surface area contributed by atoms with Gasteiger partial charge in [-0.2, -0.15) is 5.10 Å².